The van der Waals surface area contributed by atoms with Crippen molar-refractivity contribution < 1.29 is 15.0 Å². The van der Waals surface area contributed by atoms with Gasteiger partial charge in [0.1, 0.15) is 23.8 Å². The minimum atomic E-state index is 0.220. The number of hydrogen-bond donors (Lipinski definition) is 1. The van der Waals surface area contributed by atoms with Crippen molar-refractivity contribution in [3.05, 3.63) is 48.0 Å². The first kappa shape index (κ1) is 16.8. The predicted molar refractivity (Wildman–Crippen MR) is 91.5 cm³/mol. The molecule has 0 spiro atoms. The van der Waals surface area contributed by atoms with Crippen LogP contribution in [0.2, 0.25) is 0 Å². The van der Waals surface area contributed by atoms with E-state index in [0.717, 1.165) is 28.4 Å². The number of likely N-dealkylation sites (N-methyl/N-ethyl adjacent to an activating group) is 1. The van der Waals surface area contributed by atoms with Crippen molar-refractivity contribution >= 4 is 11.4 Å². The zero-order valence-corrected chi connectivity index (χ0v) is 14.1. The van der Waals surface area contributed by atoms with Gasteiger partial charge >= 0.3 is 0 Å². The average Bonchev–Trinajstić information content (AvgIpc) is 2.59. The summed E-state index contributed by atoms with van der Waals surface area (Å²) in [5, 5.41) is 3.75. The third kappa shape index (κ3) is 4.22. The van der Waals surface area contributed by atoms with Gasteiger partial charge in [-0.3, -0.25) is 0 Å². The summed E-state index contributed by atoms with van der Waals surface area (Å²) in [5.41, 5.74) is 8.33. The topological polar surface area (TPSA) is 59.7 Å². The number of methoxy groups -OCH3 is 1. The molecule has 0 aliphatic carbocycles. The van der Waals surface area contributed by atoms with Gasteiger partial charge in [-0.1, -0.05) is 0 Å². The molecule has 0 aliphatic heterocycles. The summed E-state index contributed by atoms with van der Waals surface area (Å²) in [6.45, 7) is 4.71. The summed E-state index contributed by atoms with van der Waals surface area (Å²) < 4.78 is 11.0. The fraction of sp³-hybridized carbons (Fsp3) is 0.333. The predicted octanol–water partition coefficient (Wildman–Crippen LogP) is 2.75. The van der Waals surface area contributed by atoms with Gasteiger partial charge in [0.15, 0.2) is 0 Å². The molecule has 0 aromatic heterocycles. The van der Waals surface area contributed by atoms with Crippen LogP contribution in [0.4, 0.5) is 11.4 Å². The fourth-order valence-corrected chi connectivity index (χ4v) is 2.26. The first-order valence-corrected chi connectivity index (χ1v) is 7.56. The van der Waals surface area contributed by atoms with Crippen molar-refractivity contribution in [1.29, 1.82) is 0 Å². The van der Waals surface area contributed by atoms with E-state index in [-0.39, 0.29) is 6.04 Å². The van der Waals surface area contributed by atoms with Gasteiger partial charge in [0, 0.05) is 12.7 Å². The van der Waals surface area contributed by atoms with Crippen molar-refractivity contribution in [2.24, 2.45) is 5.11 Å². The molecular weight excluding hydrogens is 290 g/mol. The lowest BCUT2D eigenvalue weighted by molar-refractivity contribution is -0.210. The molecule has 5 heteroatoms. The Kier molecular flexibility index (Phi) is 5.57. The highest BCUT2D eigenvalue weighted by molar-refractivity contribution is 5.57. The summed E-state index contributed by atoms with van der Waals surface area (Å²) in [5.74, 6) is 1.66. The molecule has 0 amide bonds. The first-order valence-electron chi connectivity index (χ1n) is 7.56. The number of ether oxygens (including phenoxy) is 2. The highest BCUT2D eigenvalue weighted by atomic mass is 16.5. The Morgan fingerprint density at radius 2 is 1.78 bits per heavy atom. The van der Waals surface area contributed by atoms with E-state index in [1.807, 2.05) is 43.3 Å². The molecule has 1 atom stereocenters. The molecule has 0 bridgehead atoms. The van der Waals surface area contributed by atoms with E-state index in [2.05, 4.69) is 30.1 Å². The highest BCUT2D eigenvalue weighted by Gasteiger charge is 2.12. The Balaban J connectivity index is 1.97. The molecule has 5 nitrogen and oxygen atoms in total. The first-order chi connectivity index (χ1) is 11.0. The molecule has 2 aromatic rings. The van der Waals surface area contributed by atoms with Gasteiger partial charge in [-0.25, -0.2) is 0 Å². The van der Waals surface area contributed by atoms with Crippen LogP contribution >= 0.6 is 0 Å². The molecule has 122 valence electrons. The smallest absolute Gasteiger partial charge is 0.133 e. The van der Waals surface area contributed by atoms with E-state index in [0.29, 0.717) is 6.61 Å². The number of rotatable bonds is 7. The Morgan fingerprint density at radius 1 is 1.13 bits per heavy atom. The molecule has 0 fully saturated rings. The lowest BCUT2D eigenvalue weighted by atomic mass is 10.1. The van der Waals surface area contributed by atoms with E-state index in [9.17, 15) is 0 Å². The molecule has 0 radical (unpaired) electrons. The summed E-state index contributed by atoms with van der Waals surface area (Å²) in [7, 11) is 3.70. The van der Waals surface area contributed by atoms with Crippen molar-refractivity contribution in [3.63, 3.8) is 0 Å². The molecule has 0 heterocycles. The van der Waals surface area contributed by atoms with E-state index < -0.39 is 0 Å². The summed E-state index contributed by atoms with van der Waals surface area (Å²) >= 11 is 0. The standard InChI is InChI=1S/C18H23N3O2/c1-13-11-15(5-10-18(13)20-19)21(3)14(2)12-23-17-8-6-16(22-4)7-9-17/h5-11,14,19H,12H2,1-4H3/p+1. The molecule has 0 saturated heterocycles. The summed E-state index contributed by atoms with van der Waals surface area (Å²) in [6.07, 6.45) is 0. The van der Waals surface area contributed by atoms with Gasteiger partial charge in [-0.05, 0) is 67.0 Å². The van der Waals surface area contributed by atoms with Crippen molar-refractivity contribution in [1.82, 2.24) is 0 Å². The van der Waals surface area contributed by atoms with Crippen LogP contribution in [0, 0.1) is 6.92 Å². The average molecular weight is 314 g/mol. The van der Waals surface area contributed by atoms with Crippen LogP contribution in [0.15, 0.2) is 47.6 Å². The quantitative estimate of drug-likeness (QED) is 0.799. The molecule has 1 unspecified atom stereocenters. The Labute approximate surface area is 137 Å². The number of hydrogen-bond acceptors (Lipinski definition) is 4. The van der Waals surface area contributed by atoms with Gasteiger partial charge in [-0.15, -0.1) is 0 Å². The maximum Gasteiger partial charge on any atom is 0.133 e. The molecule has 0 aliphatic rings. The van der Waals surface area contributed by atoms with Crippen LogP contribution in [0.5, 0.6) is 11.5 Å². The minimum Gasteiger partial charge on any atom is -0.497 e. The number of nitrogens with two attached hydrogens (primary N) is 1. The van der Waals surface area contributed by atoms with Crippen LogP contribution in [0.3, 0.4) is 0 Å². The number of nitrogens with zero attached hydrogens (tertiary/aromatic N) is 2. The monoisotopic (exact) mass is 314 g/mol. The van der Waals surface area contributed by atoms with Gasteiger partial charge in [-0.2, -0.15) is 5.53 Å². The van der Waals surface area contributed by atoms with Gasteiger partial charge in [0.2, 0.25) is 0 Å². The van der Waals surface area contributed by atoms with Crippen LogP contribution in [0.25, 0.3) is 0 Å². The second kappa shape index (κ2) is 7.63. The van der Waals surface area contributed by atoms with Gasteiger partial charge in [0.05, 0.1) is 13.2 Å². The second-order valence-corrected chi connectivity index (χ2v) is 5.55. The zero-order chi connectivity index (χ0) is 16.8. The molecule has 2 N–H and O–H groups in total. The molecule has 23 heavy (non-hydrogen) atoms. The van der Waals surface area contributed by atoms with Crippen molar-refractivity contribution in [3.8, 4) is 11.5 Å². The molecule has 2 aromatic carbocycles. The van der Waals surface area contributed by atoms with E-state index in [1.54, 1.807) is 7.11 Å². The Morgan fingerprint density at radius 3 is 2.35 bits per heavy atom. The lowest BCUT2D eigenvalue weighted by Crippen LogP contribution is -2.34. The zero-order valence-electron chi connectivity index (χ0n) is 14.1. The number of anilines is 1. The van der Waals surface area contributed by atoms with Gasteiger partial charge in [0.25, 0.3) is 0 Å². The largest absolute Gasteiger partial charge is 0.497 e. The van der Waals surface area contributed by atoms with Crippen molar-refractivity contribution in [2.45, 2.75) is 19.9 Å². The van der Waals surface area contributed by atoms with E-state index in [4.69, 9.17) is 15.0 Å². The van der Waals surface area contributed by atoms with Crippen LogP contribution in [-0.4, -0.2) is 26.8 Å². The SMILES string of the molecule is COc1ccc(OCC(C)N(C)c2ccc(N=[NH2+])c(C)c2)cc1. The van der Waals surface area contributed by atoms with E-state index in [1.165, 1.54) is 0 Å². The minimum absolute atomic E-state index is 0.220. The lowest BCUT2D eigenvalue weighted by Gasteiger charge is -2.27. The third-order valence-corrected chi connectivity index (χ3v) is 3.94. The number of aryl methyl sites for hydroxylation is 1. The second-order valence-electron chi connectivity index (χ2n) is 5.55. The molecule has 0 saturated carbocycles. The maximum atomic E-state index is 5.85. The molecular formula is C18H24N3O2+. The maximum absolute atomic E-state index is 5.85. The third-order valence-electron chi connectivity index (χ3n) is 3.94. The molecule has 2 rings (SSSR count). The van der Waals surface area contributed by atoms with Gasteiger partial charge < -0.3 is 14.4 Å². The normalized spacial score (nSPS) is 11.7. The Bertz CT molecular complexity index is 656. The Hall–Kier alpha value is -2.56. The number of benzene rings is 2. The van der Waals surface area contributed by atoms with Crippen LogP contribution < -0.4 is 19.9 Å². The highest BCUT2D eigenvalue weighted by Crippen LogP contribution is 2.25. The van der Waals surface area contributed by atoms with Crippen molar-refractivity contribution in [2.75, 3.05) is 25.7 Å². The van der Waals surface area contributed by atoms with E-state index >= 15 is 0 Å². The summed E-state index contributed by atoms with van der Waals surface area (Å²) in [4.78, 5) is 2.18. The van der Waals surface area contributed by atoms with Crippen LogP contribution in [-0.2, 0) is 0 Å². The van der Waals surface area contributed by atoms with Crippen LogP contribution in [0.1, 0.15) is 12.5 Å². The summed E-state index contributed by atoms with van der Waals surface area (Å²) in [6, 6.07) is 13.8. The fourth-order valence-electron chi connectivity index (χ4n) is 2.26.